The van der Waals surface area contributed by atoms with Gasteiger partial charge in [-0.05, 0) is 50.2 Å². The molecule has 0 atom stereocenters. The summed E-state index contributed by atoms with van der Waals surface area (Å²) in [7, 11) is 0. The Morgan fingerprint density at radius 1 is 1.21 bits per heavy atom. The van der Waals surface area contributed by atoms with Crippen molar-refractivity contribution >= 4 is 16.8 Å². The topological polar surface area (TPSA) is 67.6 Å². The highest BCUT2D eigenvalue weighted by molar-refractivity contribution is 6.07. The van der Waals surface area contributed by atoms with E-state index in [2.05, 4.69) is 15.2 Å². The number of furan rings is 1. The minimum absolute atomic E-state index is 0.0761. The van der Waals surface area contributed by atoms with Crippen molar-refractivity contribution in [3.63, 3.8) is 0 Å². The summed E-state index contributed by atoms with van der Waals surface area (Å²) in [4.78, 5) is 20.0. The Morgan fingerprint density at radius 2 is 2.07 bits per heavy atom. The Morgan fingerprint density at radius 3 is 2.86 bits per heavy atom. The number of nitrogens with one attached hydrogen (secondary N) is 1. The van der Waals surface area contributed by atoms with E-state index in [-0.39, 0.29) is 5.91 Å². The van der Waals surface area contributed by atoms with Crippen molar-refractivity contribution in [2.24, 2.45) is 0 Å². The molecule has 0 saturated carbocycles. The van der Waals surface area contributed by atoms with Gasteiger partial charge in [-0.15, -0.1) is 0 Å². The molecular formula is C22H25N3O3. The van der Waals surface area contributed by atoms with Crippen molar-refractivity contribution in [1.82, 2.24) is 15.2 Å². The number of carbonyl (C=O) groups excluding carboxylic acids is 1. The van der Waals surface area contributed by atoms with Crippen molar-refractivity contribution in [2.75, 3.05) is 39.4 Å². The number of rotatable bonds is 6. The Bertz CT molecular complexity index is 947. The second-order valence-electron chi connectivity index (χ2n) is 7.12. The largest absolute Gasteiger partial charge is 0.463 e. The van der Waals surface area contributed by atoms with Gasteiger partial charge in [-0.3, -0.25) is 9.69 Å². The first-order chi connectivity index (χ1) is 13.7. The molecule has 3 aromatic rings. The number of amides is 1. The summed E-state index contributed by atoms with van der Waals surface area (Å²) in [5.41, 5.74) is 3.19. The van der Waals surface area contributed by atoms with E-state index < -0.39 is 0 Å². The normalized spacial score (nSPS) is 15.0. The summed E-state index contributed by atoms with van der Waals surface area (Å²) < 4.78 is 10.9. The fourth-order valence-electron chi connectivity index (χ4n) is 3.50. The van der Waals surface area contributed by atoms with Gasteiger partial charge in [0.15, 0.2) is 5.76 Å². The van der Waals surface area contributed by atoms with Gasteiger partial charge in [0, 0.05) is 25.0 Å². The second kappa shape index (κ2) is 8.54. The number of carbonyl (C=O) groups is 1. The number of nitrogens with zero attached hydrogens (tertiary/aromatic N) is 2. The van der Waals surface area contributed by atoms with E-state index in [9.17, 15) is 4.79 Å². The standard InChI is InChI=1S/C22H25N3O3/c1-16-5-6-19-17(14-16)18(15-20(24-19)21-4-2-11-28-21)22(26)23-7-3-8-25-9-12-27-13-10-25/h2,4-6,11,14-15H,3,7-10,12-13H2,1H3,(H,23,26). The number of fused-ring (bicyclic) bond motifs is 1. The highest BCUT2D eigenvalue weighted by Crippen LogP contribution is 2.26. The third-order valence-corrected chi connectivity index (χ3v) is 5.02. The average Bonchev–Trinajstić information content (AvgIpc) is 3.26. The maximum absolute atomic E-state index is 12.9. The van der Waals surface area contributed by atoms with Crippen LogP contribution in [0.5, 0.6) is 0 Å². The first-order valence-corrected chi connectivity index (χ1v) is 9.74. The summed E-state index contributed by atoms with van der Waals surface area (Å²) in [5.74, 6) is 0.580. The van der Waals surface area contributed by atoms with Crippen molar-refractivity contribution < 1.29 is 13.9 Å². The molecule has 6 nitrogen and oxygen atoms in total. The highest BCUT2D eigenvalue weighted by Gasteiger charge is 2.15. The fourth-order valence-corrected chi connectivity index (χ4v) is 3.50. The van der Waals surface area contributed by atoms with E-state index in [1.54, 1.807) is 6.26 Å². The van der Waals surface area contributed by atoms with Gasteiger partial charge in [0.1, 0.15) is 5.69 Å². The Labute approximate surface area is 164 Å². The van der Waals surface area contributed by atoms with Gasteiger partial charge in [-0.2, -0.15) is 0 Å². The van der Waals surface area contributed by atoms with Crippen LogP contribution in [0.15, 0.2) is 47.1 Å². The van der Waals surface area contributed by atoms with E-state index in [1.165, 1.54) is 0 Å². The molecule has 1 aliphatic heterocycles. The van der Waals surface area contributed by atoms with Crippen LogP contribution in [0.1, 0.15) is 22.3 Å². The maximum atomic E-state index is 12.9. The molecule has 0 bridgehead atoms. The fraction of sp³-hybridized carbons (Fsp3) is 0.364. The lowest BCUT2D eigenvalue weighted by atomic mass is 10.0. The quantitative estimate of drug-likeness (QED) is 0.666. The number of benzene rings is 1. The van der Waals surface area contributed by atoms with Gasteiger partial charge in [-0.1, -0.05) is 11.6 Å². The Balaban J connectivity index is 1.50. The maximum Gasteiger partial charge on any atom is 0.252 e. The first kappa shape index (κ1) is 18.7. The molecule has 1 saturated heterocycles. The second-order valence-corrected chi connectivity index (χ2v) is 7.12. The summed E-state index contributed by atoms with van der Waals surface area (Å²) in [6.45, 7) is 7.15. The van der Waals surface area contributed by atoms with Crippen LogP contribution < -0.4 is 5.32 Å². The zero-order valence-corrected chi connectivity index (χ0v) is 16.1. The number of hydrogen-bond acceptors (Lipinski definition) is 5. The van der Waals surface area contributed by atoms with Crippen molar-refractivity contribution in [3.8, 4) is 11.5 Å². The first-order valence-electron chi connectivity index (χ1n) is 9.74. The molecule has 1 N–H and O–H groups in total. The van der Waals surface area contributed by atoms with Crippen LogP contribution in [0.4, 0.5) is 0 Å². The predicted octanol–water partition coefficient (Wildman–Crippen LogP) is 3.26. The monoisotopic (exact) mass is 379 g/mol. The number of hydrogen-bond donors (Lipinski definition) is 1. The lowest BCUT2D eigenvalue weighted by molar-refractivity contribution is 0.0374. The predicted molar refractivity (Wildman–Crippen MR) is 108 cm³/mol. The van der Waals surface area contributed by atoms with Crippen molar-refractivity contribution in [3.05, 3.63) is 53.8 Å². The van der Waals surface area contributed by atoms with E-state index in [0.29, 0.717) is 23.6 Å². The minimum Gasteiger partial charge on any atom is -0.463 e. The highest BCUT2D eigenvalue weighted by atomic mass is 16.5. The van der Waals surface area contributed by atoms with E-state index in [1.807, 2.05) is 43.3 Å². The molecule has 1 fully saturated rings. The minimum atomic E-state index is -0.0761. The molecule has 0 radical (unpaired) electrons. The van der Waals surface area contributed by atoms with Gasteiger partial charge in [-0.25, -0.2) is 4.98 Å². The number of pyridine rings is 1. The van der Waals surface area contributed by atoms with Crippen LogP contribution >= 0.6 is 0 Å². The summed E-state index contributed by atoms with van der Waals surface area (Å²) in [6.07, 6.45) is 2.53. The molecule has 1 amide bonds. The van der Waals surface area contributed by atoms with Gasteiger partial charge >= 0.3 is 0 Å². The van der Waals surface area contributed by atoms with E-state index in [4.69, 9.17) is 9.15 Å². The third kappa shape index (κ3) is 4.24. The number of morpholine rings is 1. The summed E-state index contributed by atoms with van der Waals surface area (Å²) >= 11 is 0. The smallest absolute Gasteiger partial charge is 0.252 e. The molecule has 6 heteroatoms. The molecule has 28 heavy (non-hydrogen) atoms. The number of ether oxygens (including phenoxy) is 1. The molecule has 1 aliphatic rings. The van der Waals surface area contributed by atoms with E-state index >= 15 is 0 Å². The van der Waals surface area contributed by atoms with Crippen LogP contribution in [-0.2, 0) is 4.74 Å². The molecule has 4 rings (SSSR count). The lowest BCUT2D eigenvalue weighted by Gasteiger charge is -2.26. The van der Waals surface area contributed by atoms with Crippen LogP contribution in [0.2, 0.25) is 0 Å². The Hall–Kier alpha value is -2.70. The molecule has 0 aliphatic carbocycles. The van der Waals surface area contributed by atoms with E-state index in [0.717, 1.165) is 55.7 Å². The van der Waals surface area contributed by atoms with Gasteiger partial charge in [0.25, 0.3) is 5.91 Å². The van der Waals surface area contributed by atoms with Gasteiger partial charge in [0.2, 0.25) is 0 Å². The molecule has 0 unspecified atom stereocenters. The molecule has 3 heterocycles. The lowest BCUT2D eigenvalue weighted by Crippen LogP contribution is -2.38. The van der Waals surface area contributed by atoms with Crippen LogP contribution in [0, 0.1) is 6.92 Å². The zero-order valence-electron chi connectivity index (χ0n) is 16.1. The summed E-state index contributed by atoms with van der Waals surface area (Å²) in [5, 5.41) is 3.93. The zero-order chi connectivity index (χ0) is 19.3. The van der Waals surface area contributed by atoms with Gasteiger partial charge < -0.3 is 14.5 Å². The molecule has 2 aromatic heterocycles. The SMILES string of the molecule is Cc1ccc2nc(-c3ccco3)cc(C(=O)NCCCN3CCOCC3)c2c1. The van der Waals surface area contributed by atoms with Crippen molar-refractivity contribution in [1.29, 1.82) is 0 Å². The molecule has 1 aromatic carbocycles. The molecule has 146 valence electrons. The van der Waals surface area contributed by atoms with Crippen LogP contribution in [0.25, 0.3) is 22.4 Å². The Kier molecular flexibility index (Phi) is 5.69. The van der Waals surface area contributed by atoms with Crippen LogP contribution in [-0.4, -0.2) is 55.2 Å². The molecule has 0 spiro atoms. The number of aryl methyl sites for hydroxylation is 1. The summed E-state index contributed by atoms with van der Waals surface area (Å²) in [6, 6.07) is 11.5. The average molecular weight is 379 g/mol. The van der Waals surface area contributed by atoms with Crippen LogP contribution in [0.3, 0.4) is 0 Å². The third-order valence-electron chi connectivity index (χ3n) is 5.02. The van der Waals surface area contributed by atoms with Gasteiger partial charge in [0.05, 0.1) is 30.6 Å². The molecular weight excluding hydrogens is 354 g/mol. The van der Waals surface area contributed by atoms with Crippen molar-refractivity contribution in [2.45, 2.75) is 13.3 Å². The number of aromatic nitrogens is 1.